The molecule has 0 radical (unpaired) electrons. The Morgan fingerprint density at radius 3 is 2.22 bits per heavy atom. The highest BCUT2D eigenvalue weighted by atomic mass is 19.1. The highest BCUT2D eigenvalue weighted by molar-refractivity contribution is 5.24. The van der Waals surface area contributed by atoms with Crippen LogP contribution in [0.1, 0.15) is 62.5 Å². The summed E-state index contributed by atoms with van der Waals surface area (Å²) in [6, 6.07) is 5.62. The van der Waals surface area contributed by atoms with Crippen molar-refractivity contribution in [2.45, 2.75) is 64.7 Å². The molecule has 0 spiro atoms. The van der Waals surface area contributed by atoms with Crippen molar-refractivity contribution in [2.24, 2.45) is 5.92 Å². The first-order valence-electron chi connectivity index (χ1n) is 7.51. The monoisotopic (exact) mass is 248 g/mol. The van der Waals surface area contributed by atoms with Crippen molar-refractivity contribution >= 4 is 0 Å². The van der Waals surface area contributed by atoms with Crippen molar-refractivity contribution in [1.29, 1.82) is 0 Å². The molecule has 100 valence electrons. The van der Waals surface area contributed by atoms with Crippen LogP contribution in [-0.2, 0) is 6.42 Å². The summed E-state index contributed by atoms with van der Waals surface area (Å²) < 4.78 is 13.2. The van der Waals surface area contributed by atoms with Crippen LogP contribution < -0.4 is 0 Å². The molecule has 1 fully saturated rings. The second-order valence-electron chi connectivity index (χ2n) is 5.85. The smallest absolute Gasteiger partial charge is 0.126 e. The van der Waals surface area contributed by atoms with E-state index in [0.29, 0.717) is 0 Å². The molecule has 2 rings (SSSR count). The molecular weight excluding hydrogens is 223 g/mol. The lowest BCUT2D eigenvalue weighted by molar-refractivity contribution is 0.425. The number of aryl methyl sites for hydroxylation is 1. The van der Waals surface area contributed by atoms with Gasteiger partial charge >= 0.3 is 0 Å². The molecule has 0 N–H and O–H groups in total. The van der Waals surface area contributed by atoms with E-state index in [0.717, 1.165) is 17.9 Å². The molecule has 1 saturated carbocycles. The summed E-state index contributed by atoms with van der Waals surface area (Å²) in [7, 11) is 0. The third kappa shape index (κ3) is 4.12. The zero-order valence-corrected chi connectivity index (χ0v) is 11.6. The van der Waals surface area contributed by atoms with E-state index in [1.165, 1.54) is 56.9 Å². The Morgan fingerprint density at radius 1 is 1.00 bits per heavy atom. The van der Waals surface area contributed by atoms with Crippen molar-refractivity contribution in [3.8, 4) is 0 Å². The quantitative estimate of drug-likeness (QED) is 0.655. The molecule has 0 aliphatic heterocycles. The van der Waals surface area contributed by atoms with Crippen molar-refractivity contribution in [3.05, 3.63) is 35.1 Å². The topological polar surface area (TPSA) is 0 Å². The molecule has 0 atom stereocenters. The zero-order valence-electron chi connectivity index (χ0n) is 11.6. The van der Waals surface area contributed by atoms with Crippen molar-refractivity contribution in [3.63, 3.8) is 0 Å². The van der Waals surface area contributed by atoms with Gasteiger partial charge < -0.3 is 0 Å². The first-order chi connectivity index (χ1) is 8.75. The van der Waals surface area contributed by atoms with Gasteiger partial charge in [-0.15, -0.1) is 0 Å². The fraction of sp³-hybridized carbons (Fsp3) is 0.647. The van der Waals surface area contributed by atoms with Gasteiger partial charge in [0.15, 0.2) is 0 Å². The number of hydrogen-bond acceptors (Lipinski definition) is 0. The standard InChI is InChI=1S/C17H25F/c1-14-12-16(10-11-17(14)18)13-15-8-6-4-2-3-5-7-9-15/h10-12,15H,2-9,13H2,1H3. The second kappa shape index (κ2) is 6.92. The molecular formula is C17H25F. The van der Waals surface area contributed by atoms with E-state index in [1.807, 2.05) is 19.1 Å². The lowest BCUT2D eigenvalue weighted by atomic mass is 9.90. The van der Waals surface area contributed by atoms with Gasteiger partial charge in [0, 0.05) is 0 Å². The Bertz CT molecular complexity index is 360. The minimum absolute atomic E-state index is 0.0757. The predicted octanol–water partition coefficient (Wildman–Crippen LogP) is 5.43. The van der Waals surface area contributed by atoms with Gasteiger partial charge in [0.1, 0.15) is 5.82 Å². The molecule has 1 aliphatic carbocycles. The van der Waals surface area contributed by atoms with Gasteiger partial charge in [0.25, 0.3) is 0 Å². The van der Waals surface area contributed by atoms with Crippen LogP contribution in [0.15, 0.2) is 18.2 Å². The molecule has 0 unspecified atom stereocenters. The summed E-state index contributed by atoms with van der Waals surface area (Å²) in [5.74, 6) is 0.737. The summed E-state index contributed by atoms with van der Waals surface area (Å²) in [4.78, 5) is 0. The van der Waals surface area contributed by atoms with E-state index < -0.39 is 0 Å². The minimum atomic E-state index is -0.0757. The predicted molar refractivity (Wildman–Crippen MR) is 75.3 cm³/mol. The van der Waals surface area contributed by atoms with Gasteiger partial charge in [-0.25, -0.2) is 4.39 Å². The number of hydrogen-bond donors (Lipinski definition) is 0. The molecule has 0 bridgehead atoms. The lowest BCUT2D eigenvalue weighted by Crippen LogP contribution is -2.05. The molecule has 0 nitrogen and oxygen atoms in total. The fourth-order valence-electron chi connectivity index (χ4n) is 3.09. The van der Waals surface area contributed by atoms with Gasteiger partial charge in [0.2, 0.25) is 0 Å². The molecule has 0 heterocycles. The van der Waals surface area contributed by atoms with Gasteiger partial charge in [-0.2, -0.15) is 0 Å². The Morgan fingerprint density at radius 2 is 1.61 bits per heavy atom. The van der Waals surface area contributed by atoms with E-state index in [1.54, 1.807) is 6.07 Å². The van der Waals surface area contributed by atoms with E-state index in [2.05, 4.69) is 0 Å². The summed E-state index contributed by atoms with van der Waals surface area (Å²) in [6.45, 7) is 1.86. The van der Waals surface area contributed by atoms with Crippen LogP contribution in [0.2, 0.25) is 0 Å². The Balaban J connectivity index is 1.94. The summed E-state index contributed by atoms with van der Waals surface area (Å²) >= 11 is 0. The summed E-state index contributed by atoms with van der Waals surface area (Å²) in [6.07, 6.45) is 12.3. The number of benzene rings is 1. The van der Waals surface area contributed by atoms with Crippen LogP contribution in [-0.4, -0.2) is 0 Å². The maximum atomic E-state index is 13.2. The van der Waals surface area contributed by atoms with Gasteiger partial charge in [-0.1, -0.05) is 63.5 Å². The van der Waals surface area contributed by atoms with Crippen LogP contribution in [0, 0.1) is 18.7 Å². The molecule has 0 saturated heterocycles. The number of rotatable bonds is 2. The highest BCUT2D eigenvalue weighted by Gasteiger charge is 2.12. The van der Waals surface area contributed by atoms with E-state index in [9.17, 15) is 4.39 Å². The first-order valence-corrected chi connectivity index (χ1v) is 7.51. The molecule has 1 aliphatic rings. The largest absolute Gasteiger partial charge is 0.207 e. The molecule has 18 heavy (non-hydrogen) atoms. The SMILES string of the molecule is Cc1cc(CC2CCCCCCCC2)ccc1F. The van der Waals surface area contributed by atoms with Crippen LogP contribution in [0.25, 0.3) is 0 Å². The maximum absolute atomic E-state index is 13.2. The van der Waals surface area contributed by atoms with E-state index in [-0.39, 0.29) is 5.82 Å². The Kier molecular flexibility index (Phi) is 5.22. The third-order valence-electron chi connectivity index (χ3n) is 4.22. The Hall–Kier alpha value is -0.850. The van der Waals surface area contributed by atoms with Crippen molar-refractivity contribution in [2.75, 3.05) is 0 Å². The van der Waals surface area contributed by atoms with Crippen molar-refractivity contribution < 1.29 is 4.39 Å². The summed E-state index contributed by atoms with van der Waals surface area (Å²) in [5.41, 5.74) is 2.11. The van der Waals surface area contributed by atoms with Crippen molar-refractivity contribution in [1.82, 2.24) is 0 Å². The average Bonchev–Trinajstić information content (AvgIpc) is 2.48. The molecule has 1 aromatic carbocycles. The van der Waals surface area contributed by atoms with Crippen LogP contribution in [0.3, 0.4) is 0 Å². The lowest BCUT2D eigenvalue weighted by Gasteiger charge is -2.16. The fourth-order valence-corrected chi connectivity index (χ4v) is 3.09. The highest BCUT2D eigenvalue weighted by Crippen LogP contribution is 2.25. The molecule has 1 heteroatoms. The van der Waals surface area contributed by atoms with Gasteiger partial charge in [-0.05, 0) is 36.5 Å². The third-order valence-corrected chi connectivity index (χ3v) is 4.22. The Labute approximate surface area is 111 Å². The molecule has 0 amide bonds. The minimum Gasteiger partial charge on any atom is -0.207 e. The van der Waals surface area contributed by atoms with Gasteiger partial charge in [0.05, 0.1) is 0 Å². The number of halogens is 1. The normalized spacial score (nSPS) is 19.0. The van der Waals surface area contributed by atoms with E-state index in [4.69, 9.17) is 0 Å². The molecule has 1 aromatic rings. The van der Waals surface area contributed by atoms with Crippen LogP contribution in [0.5, 0.6) is 0 Å². The first kappa shape index (κ1) is 13.6. The average molecular weight is 248 g/mol. The zero-order chi connectivity index (χ0) is 12.8. The van der Waals surface area contributed by atoms with Crippen LogP contribution in [0.4, 0.5) is 4.39 Å². The maximum Gasteiger partial charge on any atom is 0.126 e. The summed E-state index contributed by atoms with van der Waals surface area (Å²) in [5, 5.41) is 0. The van der Waals surface area contributed by atoms with Crippen LogP contribution >= 0.6 is 0 Å². The second-order valence-corrected chi connectivity index (χ2v) is 5.85. The molecule has 0 aromatic heterocycles. The van der Waals surface area contributed by atoms with E-state index >= 15 is 0 Å². The van der Waals surface area contributed by atoms with Gasteiger partial charge in [-0.3, -0.25) is 0 Å².